The van der Waals surface area contributed by atoms with E-state index in [-0.39, 0.29) is 12.0 Å². The van der Waals surface area contributed by atoms with Crippen molar-refractivity contribution in [2.75, 3.05) is 26.7 Å². The summed E-state index contributed by atoms with van der Waals surface area (Å²) in [5.74, 6) is 0.654. The van der Waals surface area contributed by atoms with Gasteiger partial charge in [-0.3, -0.25) is 4.79 Å². The van der Waals surface area contributed by atoms with E-state index in [4.69, 9.17) is 4.74 Å². The molecule has 0 aliphatic carbocycles. The number of benzene rings is 1. The molecular weight excluding hydrogens is 276 g/mol. The third kappa shape index (κ3) is 5.11. The summed E-state index contributed by atoms with van der Waals surface area (Å²) in [5, 5.41) is 3.20. The highest BCUT2D eigenvalue weighted by Gasteiger charge is 2.16. The third-order valence-corrected chi connectivity index (χ3v) is 4.16. The topological polar surface area (TPSA) is 41.6 Å². The zero-order valence-electron chi connectivity index (χ0n) is 14.0. The van der Waals surface area contributed by atoms with Crippen molar-refractivity contribution in [3.63, 3.8) is 0 Å². The van der Waals surface area contributed by atoms with Gasteiger partial charge in [0, 0.05) is 26.7 Å². The van der Waals surface area contributed by atoms with E-state index in [0.717, 1.165) is 26.0 Å². The van der Waals surface area contributed by atoms with Gasteiger partial charge in [-0.15, -0.1) is 0 Å². The number of hydrogen-bond donors (Lipinski definition) is 1. The second-order valence-corrected chi connectivity index (χ2v) is 6.41. The van der Waals surface area contributed by atoms with Crippen LogP contribution >= 0.6 is 0 Å². The highest BCUT2D eigenvalue weighted by Crippen LogP contribution is 2.15. The molecule has 1 aliphatic heterocycles. The number of likely N-dealkylation sites (N-methyl/N-ethyl adjacent to an activating group) is 1. The Morgan fingerprint density at radius 3 is 2.68 bits per heavy atom. The van der Waals surface area contributed by atoms with Gasteiger partial charge in [-0.05, 0) is 29.9 Å². The zero-order valence-corrected chi connectivity index (χ0v) is 14.0. The van der Waals surface area contributed by atoms with Crippen molar-refractivity contribution in [1.82, 2.24) is 10.2 Å². The molecule has 1 heterocycles. The fraction of sp³-hybridized carbons (Fsp3) is 0.611. The number of carbonyl (C=O) groups excluding carboxylic acids is 1. The molecule has 0 radical (unpaired) electrons. The first-order valence-electron chi connectivity index (χ1n) is 8.21. The summed E-state index contributed by atoms with van der Waals surface area (Å²) < 4.78 is 5.53. The molecule has 122 valence electrons. The van der Waals surface area contributed by atoms with E-state index in [0.29, 0.717) is 19.0 Å². The SMILES string of the molecule is CC(C)c1ccc(CN(C)C(=O)CNCC2CCCO2)cc1. The molecule has 1 aliphatic rings. The molecule has 1 aromatic carbocycles. The van der Waals surface area contributed by atoms with Crippen molar-refractivity contribution in [2.45, 2.75) is 45.3 Å². The van der Waals surface area contributed by atoms with Crippen LogP contribution in [0.5, 0.6) is 0 Å². The Morgan fingerprint density at radius 1 is 1.36 bits per heavy atom. The number of amides is 1. The summed E-state index contributed by atoms with van der Waals surface area (Å²) in [5.41, 5.74) is 2.50. The molecule has 1 atom stereocenters. The van der Waals surface area contributed by atoms with Crippen LogP contribution in [0.25, 0.3) is 0 Å². The minimum atomic E-state index is 0.117. The van der Waals surface area contributed by atoms with E-state index < -0.39 is 0 Å². The van der Waals surface area contributed by atoms with Crippen LogP contribution in [0.3, 0.4) is 0 Å². The van der Waals surface area contributed by atoms with Crippen LogP contribution < -0.4 is 5.32 Å². The lowest BCUT2D eigenvalue weighted by Gasteiger charge is -2.19. The first-order chi connectivity index (χ1) is 10.6. The van der Waals surface area contributed by atoms with Gasteiger partial charge in [-0.25, -0.2) is 0 Å². The third-order valence-electron chi connectivity index (χ3n) is 4.16. The van der Waals surface area contributed by atoms with Crippen molar-refractivity contribution in [1.29, 1.82) is 0 Å². The summed E-state index contributed by atoms with van der Waals surface area (Å²) in [6.45, 7) is 7.02. The molecule has 1 fully saturated rings. The van der Waals surface area contributed by atoms with Gasteiger partial charge in [-0.2, -0.15) is 0 Å². The smallest absolute Gasteiger partial charge is 0.236 e. The maximum absolute atomic E-state index is 12.1. The van der Waals surface area contributed by atoms with Crippen molar-refractivity contribution in [3.05, 3.63) is 35.4 Å². The Kier molecular flexibility index (Phi) is 6.40. The van der Waals surface area contributed by atoms with Crippen molar-refractivity contribution in [3.8, 4) is 0 Å². The van der Waals surface area contributed by atoms with E-state index in [1.54, 1.807) is 4.90 Å². The summed E-state index contributed by atoms with van der Waals surface area (Å²) in [6.07, 6.45) is 2.51. The summed E-state index contributed by atoms with van der Waals surface area (Å²) >= 11 is 0. The van der Waals surface area contributed by atoms with Gasteiger partial charge in [0.05, 0.1) is 12.6 Å². The van der Waals surface area contributed by atoms with E-state index in [9.17, 15) is 4.79 Å². The van der Waals surface area contributed by atoms with Gasteiger partial charge in [0.15, 0.2) is 0 Å². The summed E-state index contributed by atoms with van der Waals surface area (Å²) in [6, 6.07) is 8.51. The van der Waals surface area contributed by atoms with Crippen LogP contribution in [0.15, 0.2) is 24.3 Å². The zero-order chi connectivity index (χ0) is 15.9. The molecule has 0 bridgehead atoms. The van der Waals surface area contributed by atoms with Gasteiger partial charge >= 0.3 is 0 Å². The molecule has 0 saturated carbocycles. The fourth-order valence-electron chi connectivity index (χ4n) is 2.65. The molecule has 1 saturated heterocycles. The van der Waals surface area contributed by atoms with E-state index >= 15 is 0 Å². The first-order valence-corrected chi connectivity index (χ1v) is 8.21. The Hall–Kier alpha value is -1.39. The van der Waals surface area contributed by atoms with E-state index in [2.05, 4.69) is 43.4 Å². The normalized spacial score (nSPS) is 17.9. The molecule has 0 aromatic heterocycles. The van der Waals surface area contributed by atoms with Crippen LogP contribution in [-0.2, 0) is 16.1 Å². The van der Waals surface area contributed by atoms with Crippen LogP contribution in [0.4, 0.5) is 0 Å². The average Bonchev–Trinajstić information content (AvgIpc) is 3.01. The molecule has 2 rings (SSSR count). The molecule has 22 heavy (non-hydrogen) atoms. The second-order valence-electron chi connectivity index (χ2n) is 6.41. The number of ether oxygens (including phenoxy) is 1. The predicted octanol–water partition coefficient (Wildman–Crippen LogP) is 2.54. The van der Waals surface area contributed by atoms with Crippen LogP contribution in [0, 0.1) is 0 Å². The van der Waals surface area contributed by atoms with Gasteiger partial charge in [0.25, 0.3) is 0 Å². The highest BCUT2D eigenvalue weighted by molar-refractivity contribution is 5.77. The van der Waals surface area contributed by atoms with E-state index in [1.165, 1.54) is 11.1 Å². The highest BCUT2D eigenvalue weighted by atomic mass is 16.5. The Bertz CT molecular complexity index is 464. The quantitative estimate of drug-likeness (QED) is 0.841. The largest absolute Gasteiger partial charge is 0.377 e. The van der Waals surface area contributed by atoms with Gasteiger partial charge in [0.2, 0.25) is 5.91 Å². The van der Waals surface area contributed by atoms with Crippen LogP contribution in [-0.4, -0.2) is 43.7 Å². The Balaban J connectivity index is 1.73. The Labute approximate surface area is 133 Å². The summed E-state index contributed by atoms with van der Waals surface area (Å²) in [4.78, 5) is 13.9. The predicted molar refractivity (Wildman–Crippen MR) is 88.8 cm³/mol. The maximum atomic E-state index is 12.1. The second kappa shape index (κ2) is 8.30. The number of rotatable bonds is 7. The number of hydrogen-bond acceptors (Lipinski definition) is 3. The molecule has 0 spiro atoms. The standard InChI is InChI=1S/C18H28N2O2/c1-14(2)16-8-6-15(7-9-16)13-20(3)18(21)12-19-11-17-5-4-10-22-17/h6-9,14,17,19H,4-5,10-13H2,1-3H3. The van der Waals surface area contributed by atoms with Crippen molar-refractivity contribution < 1.29 is 9.53 Å². The lowest BCUT2D eigenvalue weighted by molar-refractivity contribution is -0.129. The van der Waals surface area contributed by atoms with Gasteiger partial charge in [0.1, 0.15) is 0 Å². The fourth-order valence-corrected chi connectivity index (χ4v) is 2.65. The molecule has 1 amide bonds. The molecule has 4 heteroatoms. The minimum Gasteiger partial charge on any atom is -0.377 e. The monoisotopic (exact) mass is 304 g/mol. The van der Waals surface area contributed by atoms with Crippen LogP contribution in [0.2, 0.25) is 0 Å². The molecule has 4 nitrogen and oxygen atoms in total. The van der Waals surface area contributed by atoms with E-state index in [1.807, 2.05) is 7.05 Å². The molecule has 1 aromatic rings. The molecular formula is C18H28N2O2. The number of nitrogens with zero attached hydrogens (tertiary/aromatic N) is 1. The lowest BCUT2D eigenvalue weighted by atomic mass is 10.0. The van der Waals surface area contributed by atoms with Gasteiger partial charge in [-0.1, -0.05) is 38.1 Å². The Morgan fingerprint density at radius 2 is 2.09 bits per heavy atom. The lowest BCUT2D eigenvalue weighted by Crippen LogP contribution is -2.38. The first kappa shape index (κ1) is 17.0. The average molecular weight is 304 g/mol. The molecule has 1 unspecified atom stereocenters. The van der Waals surface area contributed by atoms with Crippen molar-refractivity contribution >= 4 is 5.91 Å². The minimum absolute atomic E-state index is 0.117. The van der Waals surface area contributed by atoms with Crippen molar-refractivity contribution in [2.24, 2.45) is 0 Å². The number of carbonyl (C=O) groups is 1. The summed E-state index contributed by atoms with van der Waals surface area (Å²) in [7, 11) is 1.85. The number of nitrogens with one attached hydrogen (secondary N) is 1. The molecule has 1 N–H and O–H groups in total. The van der Waals surface area contributed by atoms with Gasteiger partial charge < -0.3 is 15.0 Å². The van der Waals surface area contributed by atoms with Crippen LogP contribution in [0.1, 0.15) is 43.7 Å². The maximum Gasteiger partial charge on any atom is 0.236 e.